The lowest BCUT2D eigenvalue weighted by atomic mass is 10.1. The van der Waals surface area contributed by atoms with E-state index in [4.69, 9.17) is 10.5 Å². The number of pyridine rings is 1. The van der Waals surface area contributed by atoms with Crippen molar-refractivity contribution in [2.24, 2.45) is 0 Å². The average Bonchev–Trinajstić information content (AvgIpc) is 3.33. The molecule has 8 nitrogen and oxygen atoms in total. The van der Waals surface area contributed by atoms with Crippen LogP contribution in [0.1, 0.15) is 0 Å². The summed E-state index contributed by atoms with van der Waals surface area (Å²) in [5.74, 6) is 0.504. The lowest BCUT2D eigenvalue weighted by Gasteiger charge is -2.43. The lowest BCUT2D eigenvalue weighted by Crippen LogP contribution is -2.56. The number of nitrogens with one attached hydrogen (secondary N) is 2. The molecule has 0 radical (unpaired) electrons. The van der Waals surface area contributed by atoms with E-state index < -0.39 is 0 Å². The standard InChI is InChI=1S/C21H22N6O2S/c22-18-14-3-8-30-21(14)25-20(28)17(18)19-23-15-2-1-12(9-16(15)24-19)26-4-6-27(7-5-26)13-10-29-11-13/h1-3,8-9,13H,4-7,10-11H2,(H,23,24)(H3,22,25,28). The van der Waals surface area contributed by atoms with E-state index in [-0.39, 0.29) is 5.56 Å². The molecular weight excluding hydrogens is 400 g/mol. The van der Waals surface area contributed by atoms with Crippen molar-refractivity contribution in [1.29, 1.82) is 0 Å². The molecule has 154 valence electrons. The highest BCUT2D eigenvalue weighted by Crippen LogP contribution is 2.31. The number of H-pyrrole nitrogens is 2. The minimum Gasteiger partial charge on any atom is -0.397 e. The van der Waals surface area contributed by atoms with Crippen LogP contribution in [0, 0.1) is 0 Å². The zero-order valence-electron chi connectivity index (χ0n) is 16.4. The van der Waals surface area contributed by atoms with E-state index in [9.17, 15) is 4.79 Å². The van der Waals surface area contributed by atoms with Crippen LogP contribution in [0.4, 0.5) is 11.4 Å². The lowest BCUT2D eigenvalue weighted by molar-refractivity contribution is -0.0660. The van der Waals surface area contributed by atoms with E-state index in [0.29, 0.717) is 23.1 Å². The highest BCUT2D eigenvalue weighted by atomic mass is 32.1. The van der Waals surface area contributed by atoms with Gasteiger partial charge in [-0.1, -0.05) is 0 Å². The minimum absolute atomic E-state index is 0.224. The maximum atomic E-state index is 12.6. The van der Waals surface area contributed by atoms with E-state index in [0.717, 1.165) is 66.3 Å². The van der Waals surface area contributed by atoms with Crippen molar-refractivity contribution >= 4 is 44.0 Å². The number of fused-ring (bicyclic) bond motifs is 2. The van der Waals surface area contributed by atoms with E-state index in [1.807, 2.05) is 17.5 Å². The van der Waals surface area contributed by atoms with E-state index in [1.54, 1.807) is 0 Å². The summed E-state index contributed by atoms with van der Waals surface area (Å²) in [6.07, 6.45) is 0. The van der Waals surface area contributed by atoms with Gasteiger partial charge in [-0.2, -0.15) is 0 Å². The normalized spacial score (nSPS) is 18.3. The van der Waals surface area contributed by atoms with Crippen LogP contribution < -0.4 is 16.2 Å². The molecule has 4 aromatic rings. The number of thiophene rings is 1. The van der Waals surface area contributed by atoms with Gasteiger partial charge < -0.3 is 25.3 Å². The molecule has 0 spiro atoms. The van der Waals surface area contributed by atoms with Crippen molar-refractivity contribution in [2.75, 3.05) is 50.0 Å². The topological polar surface area (TPSA) is 103 Å². The summed E-state index contributed by atoms with van der Waals surface area (Å²) in [6, 6.07) is 8.73. The fourth-order valence-electron chi connectivity index (χ4n) is 4.37. The number of imidazole rings is 1. The Labute approximate surface area is 176 Å². The summed E-state index contributed by atoms with van der Waals surface area (Å²) < 4.78 is 5.32. The summed E-state index contributed by atoms with van der Waals surface area (Å²) in [5, 5.41) is 2.77. The molecule has 2 aliphatic rings. The van der Waals surface area contributed by atoms with E-state index >= 15 is 0 Å². The third-order valence-corrected chi connectivity index (χ3v) is 7.03. The highest BCUT2D eigenvalue weighted by Gasteiger charge is 2.29. The molecule has 4 N–H and O–H groups in total. The number of piperazine rings is 1. The van der Waals surface area contributed by atoms with Gasteiger partial charge in [0, 0.05) is 37.3 Å². The maximum Gasteiger partial charge on any atom is 0.262 e. The first kappa shape index (κ1) is 17.9. The average molecular weight is 423 g/mol. The van der Waals surface area contributed by atoms with Crippen LogP contribution in [0.2, 0.25) is 0 Å². The highest BCUT2D eigenvalue weighted by molar-refractivity contribution is 7.16. The summed E-state index contributed by atoms with van der Waals surface area (Å²) in [5.41, 5.74) is 9.85. The van der Waals surface area contributed by atoms with E-state index in [2.05, 4.69) is 36.9 Å². The van der Waals surface area contributed by atoms with Crippen LogP contribution in [-0.2, 0) is 4.74 Å². The van der Waals surface area contributed by atoms with Gasteiger partial charge in [-0.05, 0) is 29.6 Å². The third-order valence-electron chi connectivity index (χ3n) is 6.20. The predicted molar refractivity (Wildman–Crippen MR) is 120 cm³/mol. The van der Waals surface area contributed by atoms with Gasteiger partial charge in [0.2, 0.25) is 0 Å². The second-order valence-corrected chi connectivity index (χ2v) is 8.82. The Morgan fingerprint density at radius 3 is 2.73 bits per heavy atom. The Hall–Kier alpha value is -2.88. The van der Waals surface area contributed by atoms with Crippen molar-refractivity contribution in [2.45, 2.75) is 6.04 Å². The van der Waals surface area contributed by atoms with Gasteiger partial charge in [-0.15, -0.1) is 11.3 Å². The van der Waals surface area contributed by atoms with E-state index in [1.165, 1.54) is 11.3 Å². The minimum atomic E-state index is -0.224. The molecule has 0 aliphatic carbocycles. The van der Waals surface area contributed by atoms with Gasteiger partial charge in [-0.25, -0.2) is 4.98 Å². The van der Waals surface area contributed by atoms with Gasteiger partial charge >= 0.3 is 0 Å². The summed E-state index contributed by atoms with van der Waals surface area (Å²) in [7, 11) is 0. The number of nitrogen functional groups attached to an aromatic ring is 1. The molecule has 0 bridgehead atoms. The Bertz CT molecular complexity index is 1300. The SMILES string of the molecule is Nc1c(-c2nc3ccc(N4CCN(C5COC5)CC4)cc3[nH]2)c(=O)[nH]c2sccc12. The summed E-state index contributed by atoms with van der Waals surface area (Å²) in [6.45, 7) is 5.80. The predicted octanol–water partition coefficient (Wildman–Crippen LogP) is 2.24. The van der Waals surface area contributed by atoms with Crippen molar-refractivity contribution in [1.82, 2.24) is 19.9 Å². The molecule has 0 amide bonds. The number of rotatable bonds is 3. The largest absolute Gasteiger partial charge is 0.397 e. The zero-order valence-corrected chi connectivity index (χ0v) is 17.2. The number of ether oxygens (including phenoxy) is 1. The van der Waals surface area contributed by atoms with Crippen LogP contribution in [0.25, 0.3) is 32.6 Å². The zero-order chi connectivity index (χ0) is 20.2. The first-order valence-electron chi connectivity index (χ1n) is 10.1. The van der Waals surface area contributed by atoms with Gasteiger partial charge in [0.15, 0.2) is 0 Å². The molecule has 3 aromatic heterocycles. The van der Waals surface area contributed by atoms with Crippen LogP contribution in [0.5, 0.6) is 0 Å². The monoisotopic (exact) mass is 422 g/mol. The number of nitrogens with zero attached hydrogens (tertiary/aromatic N) is 3. The van der Waals surface area contributed by atoms with Crippen LogP contribution in [0.3, 0.4) is 0 Å². The number of anilines is 2. The Kier molecular flexibility index (Phi) is 4.08. The molecule has 0 unspecified atom stereocenters. The molecule has 1 aromatic carbocycles. The first-order chi connectivity index (χ1) is 14.7. The number of hydrogen-bond acceptors (Lipinski definition) is 7. The molecule has 5 heterocycles. The van der Waals surface area contributed by atoms with Crippen molar-refractivity contribution < 1.29 is 4.74 Å². The molecule has 2 saturated heterocycles. The maximum absolute atomic E-state index is 12.6. The summed E-state index contributed by atoms with van der Waals surface area (Å²) >= 11 is 1.47. The summed E-state index contributed by atoms with van der Waals surface area (Å²) in [4.78, 5) is 29.2. The second-order valence-electron chi connectivity index (χ2n) is 7.91. The molecule has 2 fully saturated rings. The molecule has 30 heavy (non-hydrogen) atoms. The number of hydrogen-bond donors (Lipinski definition) is 3. The molecule has 0 atom stereocenters. The van der Waals surface area contributed by atoms with Crippen molar-refractivity contribution in [3.63, 3.8) is 0 Å². The van der Waals surface area contributed by atoms with Crippen LogP contribution in [0.15, 0.2) is 34.4 Å². The molecule has 6 rings (SSSR count). The molecule has 2 aliphatic heterocycles. The molecule has 9 heteroatoms. The Morgan fingerprint density at radius 1 is 1.13 bits per heavy atom. The van der Waals surface area contributed by atoms with Gasteiger partial charge in [0.25, 0.3) is 5.56 Å². The number of nitrogens with two attached hydrogens (primary N) is 1. The number of aromatic nitrogens is 3. The second kappa shape index (κ2) is 6.83. The molecular formula is C21H22N6O2S. The van der Waals surface area contributed by atoms with Gasteiger partial charge in [0.05, 0.1) is 36.0 Å². The quantitative estimate of drug-likeness (QED) is 0.468. The third kappa shape index (κ3) is 2.81. The Morgan fingerprint density at radius 2 is 1.97 bits per heavy atom. The van der Waals surface area contributed by atoms with Crippen LogP contribution >= 0.6 is 11.3 Å². The van der Waals surface area contributed by atoms with Crippen molar-refractivity contribution in [3.8, 4) is 11.4 Å². The Balaban J connectivity index is 1.31. The van der Waals surface area contributed by atoms with Crippen LogP contribution in [-0.4, -0.2) is 65.3 Å². The van der Waals surface area contributed by atoms with Gasteiger partial charge in [0.1, 0.15) is 16.2 Å². The smallest absolute Gasteiger partial charge is 0.262 e. The van der Waals surface area contributed by atoms with Crippen molar-refractivity contribution in [3.05, 3.63) is 40.0 Å². The number of aromatic amines is 2. The fourth-order valence-corrected chi connectivity index (χ4v) is 5.16. The first-order valence-corrected chi connectivity index (χ1v) is 11.0. The fraction of sp³-hybridized carbons (Fsp3) is 0.333. The van der Waals surface area contributed by atoms with Gasteiger partial charge in [-0.3, -0.25) is 9.69 Å². The molecule has 0 saturated carbocycles. The number of benzene rings is 1.